The minimum absolute atomic E-state index is 0.155. The van der Waals surface area contributed by atoms with Crippen molar-refractivity contribution in [3.05, 3.63) is 29.8 Å². The number of carbonyl (C=O) groups excluding carboxylic acids is 1. The molecule has 0 aliphatic heterocycles. The molecule has 0 unspecified atom stereocenters. The molecular formula is C16H21NO2. The van der Waals surface area contributed by atoms with Crippen molar-refractivity contribution in [1.29, 1.82) is 0 Å². The molecular weight excluding hydrogens is 238 g/mol. The van der Waals surface area contributed by atoms with Crippen LogP contribution in [0.5, 0.6) is 5.75 Å². The van der Waals surface area contributed by atoms with Gasteiger partial charge < -0.3 is 10.1 Å². The molecule has 0 heterocycles. The van der Waals surface area contributed by atoms with Crippen LogP contribution in [0.4, 0.5) is 0 Å². The first-order chi connectivity index (χ1) is 9.24. The fraction of sp³-hybridized carbons (Fsp3) is 0.562. The maximum atomic E-state index is 12.1. The van der Waals surface area contributed by atoms with Gasteiger partial charge in [0.05, 0.1) is 13.5 Å². The Bertz CT molecular complexity index is 454. The van der Waals surface area contributed by atoms with Crippen LogP contribution >= 0.6 is 0 Å². The molecule has 1 aromatic carbocycles. The third-order valence-electron chi connectivity index (χ3n) is 4.61. The van der Waals surface area contributed by atoms with Crippen LogP contribution in [0.1, 0.15) is 31.2 Å². The molecule has 2 aliphatic carbocycles. The van der Waals surface area contributed by atoms with Crippen LogP contribution in [-0.4, -0.2) is 19.1 Å². The Labute approximate surface area is 114 Å². The van der Waals surface area contributed by atoms with Gasteiger partial charge in [-0.25, -0.2) is 0 Å². The first-order valence-corrected chi connectivity index (χ1v) is 7.17. The highest BCUT2D eigenvalue weighted by Crippen LogP contribution is 2.44. The standard InChI is InChI=1S/C16H21NO2/c1-19-14-6-3-11(4-7-14)10-16(18)17-15-9-12-2-5-13(15)8-12/h3-4,6-7,12-13,15H,2,5,8-10H2,1H3,(H,17,18)/t12-,13-,15-/m0/s1. The molecule has 3 atom stereocenters. The largest absolute Gasteiger partial charge is 0.497 e. The highest BCUT2D eigenvalue weighted by Gasteiger charge is 2.39. The van der Waals surface area contributed by atoms with Crippen molar-refractivity contribution in [3.8, 4) is 5.75 Å². The zero-order valence-electron chi connectivity index (χ0n) is 11.4. The lowest BCUT2D eigenvalue weighted by Gasteiger charge is -2.22. The van der Waals surface area contributed by atoms with Gasteiger partial charge in [0.2, 0.25) is 5.91 Å². The number of hydrogen-bond donors (Lipinski definition) is 1. The topological polar surface area (TPSA) is 38.3 Å². The molecule has 1 amide bonds. The Morgan fingerprint density at radius 1 is 1.26 bits per heavy atom. The molecule has 3 nitrogen and oxygen atoms in total. The number of benzene rings is 1. The molecule has 102 valence electrons. The van der Waals surface area contributed by atoms with Crippen molar-refractivity contribution in [1.82, 2.24) is 5.32 Å². The number of fused-ring (bicyclic) bond motifs is 2. The van der Waals surface area contributed by atoms with E-state index in [9.17, 15) is 4.79 Å². The Balaban J connectivity index is 1.53. The zero-order chi connectivity index (χ0) is 13.2. The van der Waals surface area contributed by atoms with E-state index in [4.69, 9.17) is 4.74 Å². The zero-order valence-corrected chi connectivity index (χ0v) is 11.4. The summed E-state index contributed by atoms with van der Waals surface area (Å²) in [5, 5.41) is 3.22. The maximum Gasteiger partial charge on any atom is 0.224 e. The fourth-order valence-electron chi connectivity index (χ4n) is 3.61. The summed E-state index contributed by atoms with van der Waals surface area (Å²) in [5.41, 5.74) is 1.04. The van der Waals surface area contributed by atoms with Gasteiger partial charge in [-0.3, -0.25) is 4.79 Å². The summed E-state index contributed by atoms with van der Waals surface area (Å²) < 4.78 is 5.11. The Hall–Kier alpha value is -1.51. The molecule has 0 aromatic heterocycles. The predicted octanol–water partition coefficient (Wildman–Crippen LogP) is 2.54. The van der Waals surface area contributed by atoms with Gasteiger partial charge in [0.1, 0.15) is 5.75 Å². The van der Waals surface area contributed by atoms with Gasteiger partial charge in [0.25, 0.3) is 0 Å². The monoisotopic (exact) mass is 259 g/mol. The van der Waals surface area contributed by atoms with Gasteiger partial charge in [-0.1, -0.05) is 18.6 Å². The van der Waals surface area contributed by atoms with E-state index in [-0.39, 0.29) is 5.91 Å². The Morgan fingerprint density at radius 3 is 2.63 bits per heavy atom. The van der Waals surface area contributed by atoms with Gasteiger partial charge in [-0.15, -0.1) is 0 Å². The molecule has 2 aliphatic rings. The fourth-order valence-corrected chi connectivity index (χ4v) is 3.61. The molecule has 2 bridgehead atoms. The van der Waals surface area contributed by atoms with Crippen molar-refractivity contribution >= 4 is 5.91 Å². The van der Waals surface area contributed by atoms with Crippen LogP contribution in [-0.2, 0) is 11.2 Å². The van der Waals surface area contributed by atoms with Gasteiger partial charge in [0.15, 0.2) is 0 Å². The average Bonchev–Trinajstić information content (AvgIpc) is 3.02. The smallest absolute Gasteiger partial charge is 0.224 e. The summed E-state index contributed by atoms with van der Waals surface area (Å²) in [4.78, 5) is 12.1. The number of carbonyl (C=O) groups is 1. The van der Waals surface area contributed by atoms with E-state index in [1.165, 1.54) is 25.7 Å². The number of hydrogen-bond acceptors (Lipinski definition) is 2. The highest BCUT2D eigenvalue weighted by atomic mass is 16.5. The molecule has 0 saturated heterocycles. The van der Waals surface area contributed by atoms with E-state index in [0.717, 1.165) is 23.1 Å². The average molecular weight is 259 g/mol. The third kappa shape index (κ3) is 2.75. The Morgan fingerprint density at radius 2 is 2.05 bits per heavy atom. The molecule has 3 heteroatoms. The first kappa shape index (κ1) is 12.5. The van der Waals surface area contributed by atoms with E-state index in [2.05, 4.69) is 5.32 Å². The van der Waals surface area contributed by atoms with Gasteiger partial charge >= 0.3 is 0 Å². The molecule has 1 aromatic rings. The van der Waals surface area contributed by atoms with E-state index in [1.54, 1.807) is 7.11 Å². The van der Waals surface area contributed by atoms with Crippen molar-refractivity contribution in [2.24, 2.45) is 11.8 Å². The minimum atomic E-state index is 0.155. The minimum Gasteiger partial charge on any atom is -0.497 e. The van der Waals surface area contributed by atoms with Crippen LogP contribution in [0.3, 0.4) is 0 Å². The molecule has 3 rings (SSSR count). The number of nitrogens with one attached hydrogen (secondary N) is 1. The van der Waals surface area contributed by atoms with Crippen LogP contribution in [0.15, 0.2) is 24.3 Å². The number of ether oxygens (including phenoxy) is 1. The van der Waals surface area contributed by atoms with Gasteiger partial charge in [-0.2, -0.15) is 0 Å². The van der Waals surface area contributed by atoms with Crippen LogP contribution in [0.2, 0.25) is 0 Å². The Kier molecular flexibility index (Phi) is 3.45. The van der Waals surface area contributed by atoms with Crippen LogP contribution < -0.4 is 10.1 Å². The van der Waals surface area contributed by atoms with Crippen molar-refractivity contribution < 1.29 is 9.53 Å². The lowest BCUT2D eigenvalue weighted by Crippen LogP contribution is -2.39. The van der Waals surface area contributed by atoms with Crippen molar-refractivity contribution in [2.45, 2.75) is 38.1 Å². The third-order valence-corrected chi connectivity index (χ3v) is 4.61. The quantitative estimate of drug-likeness (QED) is 0.902. The van der Waals surface area contributed by atoms with Gasteiger partial charge in [-0.05, 0) is 48.8 Å². The second kappa shape index (κ2) is 5.24. The summed E-state index contributed by atoms with van der Waals surface area (Å²) in [5.74, 6) is 2.60. The summed E-state index contributed by atoms with van der Waals surface area (Å²) in [6.07, 6.45) is 5.66. The molecule has 0 spiro atoms. The SMILES string of the molecule is COc1ccc(CC(=O)N[C@H]2C[C@H]3CC[C@H]2C3)cc1. The maximum absolute atomic E-state index is 12.1. The molecule has 2 fully saturated rings. The highest BCUT2D eigenvalue weighted by molar-refractivity contribution is 5.79. The normalized spacial score (nSPS) is 28.4. The summed E-state index contributed by atoms with van der Waals surface area (Å²) in [7, 11) is 1.65. The van der Waals surface area contributed by atoms with E-state index in [1.807, 2.05) is 24.3 Å². The summed E-state index contributed by atoms with van der Waals surface area (Å²) >= 11 is 0. The van der Waals surface area contributed by atoms with Crippen molar-refractivity contribution in [2.75, 3.05) is 7.11 Å². The first-order valence-electron chi connectivity index (χ1n) is 7.17. The molecule has 0 radical (unpaired) electrons. The van der Waals surface area contributed by atoms with E-state index < -0.39 is 0 Å². The number of rotatable bonds is 4. The second-order valence-electron chi connectivity index (χ2n) is 5.87. The lowest BCUT2D eigenvalue weighted by atomic mass is 9.95. The number of methoxy groups -OCH3 is 1. The molecule has 1 N–H and O–H groups in total. The lowest BCUT2D eigenvalue weighted by molar-refractivity contribution is -0.121. The summed E-state index contributed by atoms with van der Waals surface area (Å²) in [6, 6.07) is 8.16. The van der Waals surface area contributed by atoms with Crippen LogP contribution in [0.25, 0.3) is 0 Å². The van der Waals surface area contributed by atoms with Gasteiger partial charge in [0, 0.05) is 6.04 Å². The second-order valence-corrected chi connectivity index (χ2v) is 5.87. The van der Waals surface area contributed by atoms with Crippen LogP contribution in [0, 0.1) is 11.8 Å². The van der Waals surface area contributed by atoms with E-state index in [0.29, 0.717) is 12.5 Å². The predicted molar refractivity (Wildman–Crippen MR) is 74.1 cm³/mol. The number of amides is 1. The molecule has 19 heavy (non-hydrogen) atoms. The summed E-state index contributed by atoms with van der Waals surface area (Å²) in [6.45, 7) is 0. The van der Waals surface area contributed by atoms with Crippen molar-refractivity contribution in [3.63, 3.8) is 0 Å². The van der Waals surface area contributed by atoms with E-state index >= 15 is 0 Å². The molecule has 2 saturated carbocycles.